The quantitative estimate of drug-likeness (QED) is 0.776. The molecule has 0 aliphatic rings. The van der Waals surface area contributed by atoms with E-state index in [4.69, 9.17) is 14.4 Å². The summed E-state index contributed by atoms with van der Waals surface area (Å²) in [7, 11) is 1.64. The summed E-state index contributed by atoms with van der Waals surface area (Å²) in [5, 5.41) is 16.4. The standard InChI is InChI=1S/C13H25N3O3/c1-12(2,3)11-15-10(16-19-11)8-14-13(4,6-7-17)9-18-5/h14,17H,6-9H2,1-5H3. The molecular formula is C13H25N3O3. The number of aliphatic hydroxyl groups excluding tert-OH is 1. The van der Waals surface area contributed by atoms with Gasteiger partial charge >= 0.3 is 0 Å². The molecule has 0 aromatic carbocycles. The molecule has 2 N–H and O–H groups in total. The molecule has 0 radical (unpaired) electrons. The molecule has 0 bridgehead atoms. The first-order valence-corrected chi connectivity index (χ1v) is 6.48. The van der Waals surface area contributed by atoms with Gasteiger partial charge in [-0.25, -0.2) is 0 Å². The third kappa shape index (κ3) is 4.89. The second-order valence-corrected chi connectivity index (χ2v) is 6.09. The monoisotopic (exact) mass is 271 g/mol. The van der Waals surface area contributed by atoms with Crippen LogP contribution < -0.4 is 5.32 Å². The first-order chi connectivity index (χ1) is 8.80. The molecule has 6 nitrogen and oxygen atoms in total. The molecule has 0 saturated carbocycles. The Morgan fingerprint density at radius 3 is 2.47 bits per heavy atom. The van der Waals surface area contributed by atoms with Gasteiger partial charge in [-0.2, -0.15) is 4.98 Å². The Morgan fingerprint density at radius 1 is 1.32 bits per heavy atom. The molecule has 19 heavy (non-hydrogen) atoms. The average molecular weight is 271 g/mol. The van der Waals surface area contributed by atoms with Crippen LogP contribution in [0.25, 0.3) is 0 Å². The SMILES string of the molecule is COCC(C)(CCO)NCc1noc(C(C)(C)C)n1. The van der Waals surface area contributed by atoms with Gasteiger partial charge in [-0.15, -0.1) is 0 Å². The van der Waals surface area contributed by atoms with E-state index in [1.807, 2.05) is 27.7 Å². The van der Waals surface area contributed by atoms with E-state index in [1.54, 1.807) is 7.11 Å². The molecule has 1 aromatic heterocycles. The van der Waals surface area contributed by atoms with Crippen LogP contribution in [0.4, 0.5) is 0 Å². The molecule has 6 heteroatoms. The fourth-order valence-electron chi connectivity index (χ4n) is 1.70. The Bertz CT molecular complexity index is 379. The van der Waals surface area contributed by atoms with Crippen molar-refractivity contribution in [2.24, 2.45) is 0 Å². The van der Waals surface area contributed by atoms with Crippen molar-refractivity contribution >= 4 is 0 Å². The van der Waals surface area contributed by atoms with Crippen molar-refractivity contribution in [2.75, 3.05) is 20.3 Å². The molecule has 1 rings (SSSR count). The Labute approximate surface area is 114 Å². The number of ether oxygens (including phenoxy) is 1. The first kappa shape index (κ1) is 16.1. The summed E-state index contributed by atoms with van der Waals surface area (Å²) in [5.74, 6) is 1.24. The summed E-state index contributed by atoms with van der Waals surface area (Å²) >= 11 is 0. The second kappa shape index (κ2) is 6.45. The minimum atomic E-state index is -0.300. The summed E-state index contributed by atoms with van der Waals surface area (Å²) in [6.45, 7) is 9.18. The fraction of sp³-hybridized carbons (Fsp3) is 0.846. The van der Waals surface area contributed by atoms with E-state index in [1.165, 1.54) is 0 Å². The maximum atomic E-state index is 9.09. The van der Waals surface area contributed by atoms with Gasteiger partial charge in [0.25, 0.3) is 0 Å². The Kier molecular flexibility index (Phi) is 5.46. The van der Waals surface area contributed by atoms with Crippen LogP contribution in [0.15, 0.2) is 4.52 Å². The summed E-state index contributed by atoms with van der Waals surface area (Å²) in [4.78, 5) is 4.36. The highest BCUT2D eigenvalue weighted by molar-refractivity contribution is 4.98. The van der Waals surface area contributed by atoms with E-state index >= 15 is 0 Å². The Balaban J connectivity index is 2.62. The number of aliphatic hydroxyl groups is 1. The lowest BCUT2D eigenvalue weighted by atomic mass is 9.97. The number of nitrogens with one attached hydrogen (secondary N) is 1. The molecule has 0 spiro atoms. The van der Waals surface area contributed by atoms with Gasteiger partial charge in [-0.1, -0.05) is 25.9 Å². The van der Waals surface area contributed by atoms with Gasteiger partial charge in [0.05, 0.1) is 13.2 Å². The number of nitrogens with zero attached hydrogens (tertiary/aromatic N) is 2. The van der Waals surface area contributed by atoms with Crippen LogP contribution in [0, 0.1) is 0 Å². The molecule has 1 unspecified atom stereocenters. The summed E-state index contributed by atoms with van der Waals surface area (Å²) < 4.78 is 10.4. The van der Waals surface area contributed by atoms with E-state index in [0.717, 1.165) is 0 Å². The lowest BCUT2D eigenvalue weighted by Crippen LogP contribution is -2.46. The molecule has 0 aliphatic heterocycles. The highest BCUT2D eigenvalue weighted by Gasteiger charge is 2.25. The van der Waals surface area contributed by atoms with E-state index in [2.05, 4.69) is 15.5 Å². The van der Waals surface area contributed by atoms with Gasteiger partial charge < -0.3 is 19.7 Å². The second-order valence-electron chi connectivity index (χ2n) is 6.09. The molecule has 110 valence electrons. The van der Waals surface area contributed by atoms with Crippen molar-refractivity contribution in [3.05, 3.63) is 11.7 Å². The molecule has 0 amide bonds. The minimum absolute atomic E-state index is 0.104. The maximum absolute atomic E-state index is 9.09. The van der Waals surface area contributed by atoms with Crippen molar-refractivity contribution in [3.8, 4) is 0 Å². The van der Waals surface area contributed by atoms with Gasteiger partial charge in [0.2, 0.25) is 5.89 Å². The lowest BCUT2D eigenvalue weighted by molar-refractivity contribution is 0.0963. The first-order valence-electron chi connectivity index (χ1n) is 6.48. The number of aromatic nitrogens is 2. The van der Waals surface area contributed by atoms with Crippen LogP contribution in [0.3, 0.4) is 0 Å². The normalized spacial score (nSPS) is 15.5. The summed E-state index contributed by atoms with van der Waals surface area (Å²) in [6.07, 6.45) is 0.602. The highest BCUT2D eigenvalue weighted by Crippen LogP contribution is 2.20. The van der Waals surface area contributed by atoms with E-state index < -0.39 is 0 Å². The van der Waals surface area contributed by atoms with Crippen molar-refractivity contribution in [1.82, 2.24) is 15.5 Å². The summed E-state index contributed by atoms with van der Waals surface area (Å²) in [5.41, 5.74) is -0.446. The predicted molar refractivity (Wildman–Crippen MR) is 71.8 cm³/mol. The van der Waals surface area contributed by atoms with Gasteiger partial charge in [0.15, 0.2) is 5.82 Å². The zero-order chi connectivity index (χ0) is 14.5. The molecule has 0 fully saturated rings. The molecule has 1 atom stereocenters. The molecule has 0 saturated heterocycles. The summed E-state index contributed by atoms with van der Waals surface area (Å²) in [6, 6.07) is 0. The van der Waals surface area contributed by atoms with Crippen molar-refractivity contribution in [3.63, 3.8) is 0 Å². The Hall–Kier alpha value is -0.980. The highest BCUT2D eigenvalue weighted by atomic mass is 16.5. The smallest absolute Gasteiger partial charge is 0.232 e. The number of methoxy groups -OCH3 is 1. The van der Waals surface area contributed by atoms with Crippen molar-refractivity contribution in [1.29, 1.82) is 0 Å². The van der Waals surface area contributed by atoms with Crippen LogP contribution in [-0.2, 0) is 16.7 Å². The lowest BCUT2D eigenvalue weighted by Gasteiger charge is -2.29. The van der Waals surface area contributed by atoms with E-state index in [-0.39, 0.29) is 17.6 Å². The predicted octanol–water partition coefficient (Wildman–Crippen LogP) is 1.24. The van der Waals surface area contributed by atoms with Gasteiger partial charge in [0.1, 0.15) is 0 Å². The van der Waals surface area contributed by atoms with Crippen LogP contribution in [0.5, 0.6) is 0 Å². The molecular weight excluding hydrogens is 246 g/mol. The van der Waals surface area contributed by atoms with Crippen LogP contribution in [-0.4, -0.2) is 41.1 Å². The average Bonchev–Trinajstić information content (AvgIpc) is 2.75. The third-order valence-electron chi connectivity index (χ3n) is 2.91. The largest absolute Gasteiger partial charge is 0.396 e. The van der Waals surface area contributed by atoms with E-state index in [9.17, 15) is 0 Å². The molecule has 0 aliphatic carbocycles. The molecule has 1 heterocycles. The minimum Gasteiger partial charge on any atom is -0.396 e. The van der Waals surface area contributed by atoms with Crippen molar-refractivity contribution in [2.45, 2.75) is 51.6 Å². The number of hydrogen-bond acceptors (Lipinski definition) is 6. The van der Waals surface area contributed by atoms with Gasteiger partial charge in [-0.05, 0) is 13.3 Å². The zero-order valence-electron chi connectivity index (χ0n) is 12.5. The van der Waals surface area contributed by atoms with Crippen LogP contribution in [0.1, 0.15) is 45.8 Å². The van der Waals surface area contributed by atoms with Crippen LogP contribution in [0.2, 0.25) is 0 Å². The van der Waals surface area contributed by atoms with Crippen LogP contribution >= 0.6 is 0 Å². The molecule has 1 aromatic rings. The maximum Gasteiger partial charge on any atom is 0.232 e. The number of rotatable bonds is 7. The van der Waals surface area contributed by atoms with Gasteiger partial charge in [0, 0.05) is 24.7 Å². The topological polar surface area (TPSA) is 80.4 Å². The zero-order valence-corrected chi connectivity index (χ0v) is 12.5. The van der Waals surface area contributed by atoms with Gasteiger partial charge in [-0.3, -0.25) is 0 Å². The Morgan fingerprint density at radius 2 is 2.00 bits per heavy atom. The van der Waals surface area contributed by atoms with Crippen molar-refractivity contribution < 1.29 is 14.4 Å². The third-order valence-corrected chi connectivity index (χ3v) is 2.91. The van der Waals surface area contributed by atoms with E-state index in [0.29, 0.717) is 31.3 Å². The fourth-order valence-corrected chi connectivity index (χ4v) is 1.70. The number of hydrogen-bond donors (Lipinski definition) is 2.